The fraction of sp³-hybridized carbons (Fsp3) is 0.700. The highest BCUT2D eigenvalue weighted by Crippen LogP contribution is 2.23. The summed E-state index contributed by atoms with van der Waals surface area (Å²) in [5, 5.41) is 4.03. The zero-order valence-electron chi connectivity index (χ0n) is 10.3. The fourth-order valence-electron chi connectivity index (χ4n) is 1.40. The van der Waals surface area contributed by atoms with E-state index < -0.39 is 9.05 Å². The lowest BCUT2D eigenvalue weighted by molar-refractivity contribution is 0.0591. The number of ether oxygens (including phenoxy) is 1. The predicted molar refractivity (Wildman–Crippen MR) is 65.6 cm³/mol. The van der Waals surface area contributed by atoms with Crippen LogP contribution in [0, 0.1) is 0 Å². The third-order valence-electron chi connectivity index (χ3n) is 2.17. The van der Waals surface area contributed by atoms with Gasteiger partial charge in [-0.1, -0.05) is 0 Å². The normalized spacial score (nSPS) is 12.6. The van der Waals surface area contributed by atoms with E-state index in [1.165, 1.54) is 6.20 Å². The number of aromatic nitrogens is 2. The van der Waals surface area contributed by atoms with Gasteiger partial charge in [-0.2, -0.15) is 5.10 Å². The van der Waals surface area contributed by atoms with Gasteiger partial charge in [0.05, 0.1) is 24.6 Å². The molecule has 0 bridgehead atoms. The summed E-state index contributed by atoms with van der Waals surface area (Å²) in [6.07, 6.45) is 1.28. The van der Waals surface area contributed by atoms with Crippen LogP contribution in [0.4, 0.5) is 0 Å². The largest absolute Gasteiger partial charge is 0.372 e. The first-order valence-corrected chi connectivity index (χ1v) is 7.67. The van der Waals surface area contributed by atoms with Gasteiger partial charge in [-0.05, 0) is 27.7 Å². The number of rotatable bonds is 5. The third kappa shape index (κ3) is 3.69. The van der Waals surface area contributed by atoms with Crippen LogP contribution in [-0.4, -0.2) is 24.3 Å². The third-order valence-corrected chi connectivity index (χ3v) is 3.53. The first kappa shape index (κ1) is 14.5. The molecule has 1 aromatic heterocycles. The quantitative estimate of drug-likeness (QED) is 0.777. The molecule has 0 spiro atoms. The van der Waals surface area contributed by atoms with Crippen molar-refractivity contribution in [2.45, 2.75) is 51.3 Å². The van der Waals surface area contributed by atoms with E-state index in [2.05, 4.69) is 5.10 Å². The van der Waals surface area contributed by atoms with Gasteiger partial charge in [0.2, 0.25) is 0 Å². The second-order valence-corrected chi connectivity index (χ2v) is 6.83. The minimum absolute atomic E-state index is 0.0105. The monoisotopic (exact) mass is 280 g/mol. The van der Waals surface area contributed by atoms with Crippen LogP contribution in [0.1, 0.15) is 39.4 Å². The molecule has 5 nitrogen and oxygen atoms in total. The summed E-state index contributed by atoms with van der Waals surface area (Å²) in [5.74, 6) is 0. The van der Waals surface area contributed by atoms with Crippen molar-refractivity contribution in [1.82, 2.24) is 9.78 Å². The molecule has 0 radical (unpaired) electrons. The maximum Gasteiger partial charge on any atom is 0.264 e. The molecule has 17 heavy (non-hydrogen) atoms. The van der Waals surface area contributed by atoms with Crippen molar-refractivity contribution in [3.8, 4) is 0 Å². The van der Waals surface area contributed by atoms with Gasteiger partial charge in [-0.15, -0.1) is 0 Å². The Morgan fingerprint density at radius 1 is 1.41 bits per heavy atom. The lowest BCUT2D eigenvalue weighted by atomic mass is 10.3. The Labute approximate surface area is 106 Å². The molecular formula is C10H17ClN2O3S. The number of nitrogens with zero attached hydrogens (tertiary/aromatic N) is 2. The van der Waals surface area contributed by atoms with Crippen LogP contribution in [0.25, 0.3) is 0 Å². The molecule has 0 aliphatic rings. The highest BCUT2D eigenvalue weighted by atomic mass is 35.7. The summed E-state index contributed by atoms with van der Waals surface area (Å²) in [5.41, 5.74) is 0.490. The van der Waals surface area contributed by atoms with Gasteiger partial charge in [0, 0.05) is 16.7 Å². The zero-order chi connectivity index (χ0) is 13.2. The molecule has 0 aromatic carbocycles. The van der Waals surface area contributed by atoms with E-state index >= 15 is 0 Å². The standard InChI is InChI=1S/C10H17ClN2O3S/c1-7(2)13-9(6-16-8(3)4)10(5-12-13)17(11,14)15/h5,7-8H,6H2,1-4H3. The predicted octanol–water partition coefficient (Wildman–Crippen LogP) is 2.32. The average molecular weight is 281 g/mol. The first-order valence-electron chi connectivity index (χ1n) is 5.36. The Balaban J connectivity index is 3.16. The molecule has 98 valence electrons. The Morgan fingerprint density at radius 2 is 2.00 bits per heavy atom. The molecule has 1 rings (SSSR count). The molecule has 7 heteroatoms. The second kappa shape index (κ2) is 5.37. The van der Waals surface area contributed by atoms with Crippen LogP contribution in [0.5, 0.6) is 0 Å². The summed E-state index contributed by atoms with van der Waals surface area (Å²) in [6.45, 7) is 7.76. The second-order valence-electron chi connectivity index (χ2n) is 4.29. The maximum absolute atomic E-state index is 11.4. The van der Waals surface area contributed by atoms with Crippen LogP contribution < -0.4 is 0 Å². The lowest BCUT2D eigenvalue weighted by Gasteiger charge is -2.13. The van der Waals surface area contributed by atoms with E-state index in [1.807, 2.05) is 27.7 Å². The lowest BCUT2D eigenvalue weighted by Crippen LogP contribution is -2.12. The van der Waals surface area contributed by atoms with E-state index in [0.29, 0.717) is 5.69 Å². The van der Waals surface area contributed by atoms with Gasteiger partial charge in [0.25, 0.3) is 9.05 Å². The van der Waals surface area contributed by atoms with Crippen molar-refractivity contribution in [2.24, 2.45) is 0 Å². The van der Waals surface area contributed by atoms with Gasteiger partial charge < -0.3 is 4.74 Å². The smallest absolute Gasteiger partial charge is 0.264 e. The number of halogens is 1. The highest BCUT2D eigenvalue weighted by molar-refractivity contribution is 8.13. The SMILES string of the molecule is CC(C)OCc1c(S(=O)(=O)Cl)cnn1C(C)C. The van der Waals surface area contributed by atoms with Crippen molar-refractivity contribution >= 4 is 19.7 Å². The summed E-state index contributed by atoms with van der Waals surface area (Å²) in [4.78, 5) is 0.0218. The molecule has 1 aromatic rings. The van der Waals surface area contributed by atoms with Crippen molar-refractivity contribution in [3.63, 3.8) is 0 Å². The molecule has 0 aliphatic heterocycles. The van der Waals surface area contributed by atoms with Crippen molar-refractivity contribution in [1.29, 1.82) is 0 Å². The summed E-state index contributed by atoms with van der Waals surface area (Å²) < 4.78 is 29.8. The van der Waals surface area contributed by atoms with Crippen LogP contribution >= 0.6 is 10.7 Å². The van der Waals surface area contributed by atoms with Gasteiger partial charge in [0.1, 0.15) is 4.90 Å². The van der Waals surface area contributed by atoms with Crippen LogP contribution in [-0.2, 0) is 20.4 Å². The molecule has 1 heterocycles. The van der Waals surface area contributed by atoms with E-state index in [0.717, 1.165) is 0 Å². The molecule has 0 unspecified atom stereocenters. The molecule has 0 N–H and O–H groups in total. The van der Waals surface area contributed by atoms with E-state index in [-0.39, 0.29) is 23.6 Å². The van der Waals surface area contributed by atoms with Crippen molar-refractivity contribution in [3.05, 3.63) is 11.9 Å². The Morgan fingerprint density at radius 3 is 2.41 bits per heavy atom. The molecule has 0 amide bonds. The molecule has 0 atom stereocenters. The molecular weight excluding hydrogens is 264 g/mol. The van der Waals surface area contributed by atoms with Gasteiger partial charge in [0.15, 0.2) is 0 Å². The van der Waals surface area contributed by atoms with Crippen molar-refractivity contribution in [2.75, 3.05) is 0 Å². The number of hydrogen-bond donors (Lipinski definition) is 0. The van der Waals surface area contributed by atoms with Gasteiger partial charge in [-0.25, -0.2) is 8.42 Å². The van der Waals surface area contributed by atoms with Crippen molar-refractivity contribution < 1.29 is 13.2 Å². The minimum atomic E-state index is -3.79. The van der Waals surface area contributed by atoms with E-state index in [1.54, 1.807) is 4.68 Å². The molecule has 0 saturated heterocycles. The summed E-state index contributed by atoms with van der Waals surface area (Å²) >= 11 is 0. The molecule has 0 aliphatic carbocycles. The van der Waals surface area contributed by atoms with Gasteiger partial charge in [-0.3, -0.25) is 4.68 Å². The topological polar surface area (TPSA) is 61.2 Å². The van der Waals surface area contributed by atoms with E-state index in [4.69, 9.17) is 15.4 Å². The highest BCUT2D eigenvalue weighted by Gasteiger charge is 2.22. The zero-order valence-corrected chi connectivity index (χ0v) is 11.9. The number of hydrogen-bond acceptors (Lipinski definition) is 4. The fourth-order valence-corrected chi connectivity index (χ4v) is 2.40. The van der Waals surface area contributed by atoms with Crippen LogP contribution in [0.2, 0.25) is 0 Å². The van der Waals surface area contributed by atoms with E-state index in [9.17, 15) is 8.42 Å². The summed E-state index contributed by atoms with van der Waals surface area (Å²) in [7, 11) is 1.58. The molecule has 0 saturated carbocycles. The maximum atomic E-state index is 11.4. The molecule has 0 fully saturated rings. The van der Waals surface area contributed by atoms with Crippen LogP contribution in [0.15, 0.2) is 11.1 Å². The summed E-state index contributed by atoms with van der Waals surface area (Å²) in [6, 6.07) is 0.0490. The first-order chi connectivity index (χ1) is 7.73. The Kier molecular flexibility index (Phi) is 4.57. The minimum Gasteiger partial charge on any atom is -0.372 e. The average Bonchev–Trinajstić information content (AvgIpc) is 2.56. The van der Waals surface area contributed by atoms with Crippen LogP contribution in [0.3, 0.4) is 0 Å². The Bertz CT molecular complexity index is 480. The Hall–Kier alpha value is -0.590. The van der Waals surface area contributed by atoms with Gasteiger partial charge >= 0.3 is 0 Å².